The fraction of sp³-hybridized carbons (Fsp3) is 0. The summed E-state index contributed by atoms with van der Waals surface area (Å²) in [4.78, 5) is 3.49. The predicted octanol–water partition coefficient (Wildman–Crippen LogP) is 2.21. The van der Waals surface area contributed by atoms with E-state index in [1.807, 2.05) is 0 Å². The lowest BCUT2D eigenvalue weighted by Gasteiger charge is -2.00. The highest BCUT2D eigenvalue weighted by Gasteiger charge is 2.20. The quantitative estimate of drug-likeness (QED) is 0.827. The van der Waals surface area contributed by atoms with Crippen LogP contribution in [0.25, 0.3) is 11.5 Å². The van der Waals surface area contributed by atoms with Gasteiger partial charge in [-0.1, -0.05) is 0 Å². The molecule has 0 fully saturated rings. The monoisotopic (exact) mass is 239 g/mol. The van der Waals surface area contributed by atoms with Crippen molar-refractivity contribution < 1.29 is 17.6 Å². The Hall–Kier alpha value is -2.49. The van der Waals surface area contributed by atoms with E-state index in [1.54, 1.807) is 6.07 Å². The molecular formula is C10H4F3N3O. The zero-order valence-electron chi connectivity index (χ0n) is 8.17. The Kier molecular flexibility index (Phi) is 2.48. The molecule has 0 aliphatic rings. The Balaban J connectivity index is 2.65. The van der Waals surface area contributed by atoms with Crippen molar-refractivity contribution in [1.82, 2.24) is 4.98 Å². The first-order chi connectivity index (χ1) is 8.02. The molecule has 17 heavy (non-hydrogen) atoms. The second kappa shape index (κ2) is 3.83. The molecule has 1 aromatic carbocycles. The molecule has 0 aliphatic heterocycles. The van der Waals surface area contributed by atoms with Gasteiger partial charge in [0.1, 0.15) is 29.1 Å². The molecule has 1 aromatic heterocycles. The average Bonchev–Trinajstić information content (AvgIpc) is 2.57. The van der Waals surface area contributed by atoms with Crippen LogP contribution in [0.15, 0.2) is 16.5 Å². The summed E-state index contributed by atoms with van der Waals surface area (Å²) in [5.74, 6) is -4.30. The Morgan fingerprint density at radius 3 is 2.29 bits per heavy atom. The molecule has 2 aromatic rings. The van der Waals surface area contributed by atoms with Gasteiger partial charge in [0.25, 0.3) is 0 Å². The number of nitriles is 1. The van der Waals surface area contributed by atoms with Gasteiger partial charge in [-0.15, -0.1) is 0 Å². The van der Waals surface area contributed by atoms with Crippen molar-refractivity contribution in [3.63, 3.8) is 0 Å². The van der Waals surface area contributed by atoms with Gasteiger partial charge in [0.15, 0.2) is 0 Å². The summed E-state index contributed by atoms with van der Waals surface area (Å²) in [6, 6.07) is 2.54. The van der Waals surface area contributed by atoms with Gasteiger partial charge in [-0.3, -0.25) is 0 Å². The second-order valence-electron chi connectivity index (χ2n) is 3.09. The third-order valence-corrected chi connectivity index (χ3v) is 1.98. The lowest BCUT2D eigenvalue weighted by molar-refractivity contribution is 0.529. The number of anilines is 1. The molecular weight excluding hydrogens is 235 g/mol. The number of halogens is 3. The summed E-state index contributed by atoms with van der Waals surface area (Å²) in [5.41, 5.74) is 4.29. The third-order valence-electron chi connectivity index (χ3n) is 1.98. The van der Waals surface area contributed by atoms with Crippen LogP contribution in [0.2, 0.25) is 0 Å². The van der Waals surface area contributed by atoms with Gasteiger partial charge >= 0.3 is 0 Å². The molecule has 0 bridgehead atoms. The molecule has 1 heterocycles. The minimum atomic E-state index is -1.19. The minimum absolute atomic E-state index is 0.289. The molecule has 0 amide bonds. The number of benzene rings is 1. The van der Waals surface area contributed by atoms with Gasteiger partial charge in [0, 0.05) is 12.1 Å². The van der Waals surface area contributed by atoms with E-state index < -0.39 is 28.9 Å². The Bertz CT molecular complexity index is 607. The van der Waals surface area contributed by atoms with E-state index in [0.717, 1.165) is 0 Å². The van der Waals surface area contributed by atoms with Gasteiger partial charge < -0.3 is 10.2 Å². The third kappa shape index (κ3) is 1.80. The maximum absolute atomic E-state index is 13.3. The standard InChI is InChI=1S/C10H4F3N3O/c11-4-1-5(12)8(6(13)2-4)10-16-7(3-14)9(15)17-10/h1-2H,15H2. The van der Waals surface area contributed by atoms with Crippen LogP contribution in [0.5, 0.6) is 0 Å². The second-order valence-corrected chi connectivity index (χ2v) is 3.09. The molecule has 0 saturated heterocycles. The molecule has 0 atom stereocenters. The van der Waals surface area contributed by atoms with Gasteiger partial charge in [0.05, 0.1) is 0 Å². The number of oxazole rings is 1. The fourth-order valence-electron chi connectivity index (χ4n) is 1.27. The molecule has 2 rings (SSSR count). The summed E-state index contributed by atoms with van der Waals surface area (Å²) >= 11 is 0. The van der Waals surface area contributed by atoms with E-state index in [-0.39, 0.29) is 11.6 Å². The van der Waals surface area contributed by atoms with E-state index in [2.05, 4.69) is 4.98 Å². The molecule has 4 nitrogen and oxygen atoms in total. The normalized spacial score (nSPS) is 10.2. The van der Waals surface area contributed by atoms with E-state index in [0.29, 0.717) is 12.1 Å². The van der Waals surface area contributed by atoms with Crippen LogP contribution < -0.4 is 5.73 Å². The van der Waals surface area contributed by atoms with Gasteiger partial charge in [-0.2, -0.15) is 10.2 Å². The molecule has 0 aliphatic carbocycles. The molecule has 2 N–H and O–H groups in total. The summed E-state index contributed by atoms with van der Waals surface area (Å²) in [6.45, 7) is 0. The van der Waals surface area contributed by atoms with Crippen LogP contribution in [0.4, 0.5) is 19.1 Å². The zero-order valence-corrected chi connectivity index (χ0v) is 8.17. The highest BCUT2D eigenvalue weighted by molar-refractivity contribution is 5.59. The van der Waals surface area contributed by atoms with Crippen molar-refractivity contribution in [1.29, 1.82) is 5.26 Å². The highest BCUT2D eigenvalue weighted by Crippen LogP contribution is 2.28. The Morgan fingerprint density at radius 1 is 1.24 bits per heavy atom. The average molecular weight is 239 g/mol. The molecule has 0 unspecified atom stereocenters. The summed E-state index contributed by atoms with van der Waals surface area (Å²) < 4.78 is 44.1. The first-order valence-electron chi connectivity index (χ1n) is 4.34. The highest BCUT2D eigenvalue weighted by atomic mass is 19.1. The first-order valence-corrected chi connectivity index (χ1v) is 4.34. The van der Waals surface area contributed by atoms with Crippen LogP contribution in [0, 0.1) is 28.8 Å². The summed E-state index contributed by atoms with van der Waals surface area (Å²) in [5, 5.41) is 8.56. The van der Waals surface area contributed by atoms with E-state index in [9.17, 15) is 13.2 Å². The van der Waals surface area contributed by atoms with Crippen molar-refractivity contribution in [3.05, 3.63) is 35.3 Å². The van der Waals surface area contributed by atoms with Gasteiger partial charge in [-0.05, 0) is 0 Å². The smallest absolute Gasteiger partial charge is 0.236 e. The van der Waals surface area contributed by atoms with Crippen molar-refractivity contribution in [2.45, 2.75) is 0 Å². The topological polar surface area (TPSA) is 75.8 Å². The SMILES string of the molecule is N#Cc1nc(-c2c(F)cc(F)cc2F)oc1N. The zero-order chi connectivity index (χ0) is 12.6. The lowest BCUT2D eigenvalue weighted by Crippen LogP contribution is -1.92. The summed E-state index contributed by atoms with van der Waals surface area (Å²) in [6.07, 6.45) is 0. The number of nitrogens with two attached hydrogens (primary N) is 1. The van der Waals surface area contributed by atoms with Crippen molar-refractivity contribution in [3.8, 4) is 17.5 Å². The number of rotatable bonds is 1. The van der Waals surface area contributed by atoms with E-state index >= 15 is 0 Å². The van der Waals surface area contributed by atoms with Crippen LogP contribution in [0.3, 0.4) is 0 Å². The van der Waals surface area contributed by atoms with Crippen LogP contribution >= 0.6 is 0 Å². The van der Waals surface area contributed by atoms with Crippen molar-refractivity contribution in [2.24, 2.45) is 0 Å². The van der Waals surface area contributed by atoms with E-state index in [4.69, 9.17) is 15.4 Å². The van der Waals surface area contributed by atoms with E-state index in [1.165, 1.54) is 0 Å². The molecule has 0 saturated carbocycles. The van der Waals surface area contributed by atoms with Gasteiger partial charge in [0.2, 0.25) is 17.5 Å². The maximum Gasteiger partial charge on any atom is 0.236 e. The predicted molar refractivity (Wildman–Crippen MR) is 50.9 cm³/mol. The number of hydrogen-bond donors (Lipinski definition) is 1. The van der Waals surface area contributed by atoms with Crippen LogP contribution in [0.1, 0.15) is 5.69 Å². The summed E-state index contributed by atoms with van der Waals surface area (Å²) in [7, 11) is 0. The molecule has 0 radical (unpaired) electrons. The van der Waals surface area contributed by atoms with Crippen molar-refractivity contribution >= 4 is 5.88 Å². The first kappa shape index (κ1) is 11.0. The minimum Gasteiger partial charge on any atom is -0.419 e. The number of hydrogen-bond acceptors (Lipinski definition) is 4. The molecule has 86 valence electrons. The van der Waals surface area contributed by atoms with Gasteiger partial charge in [-0.25, -0.2) is 13.2 Å². The fourth-order valence-corrected chi connectivity index (χ4v) is 1.27. The molecule has 0 spiro atoms. The maximum atomic E-state index is 13.3. The Labute approximate surface area is 93.1 Å². The van der Waals surface area contributed by atoms with Crippen LogP contribution in [-0.2, 0) is 0 Å². The lowest BCUT2D eigenvalue weighted by atomic mass is 10.2. The number of aromatic nitrogens is 1. The number of nitrogen functional groups attached to an aromatic ring is 1. The molecule has 7 heteroatoms. The van der Waals surface area contributed by atoms with Crippen molar-refractivity contribution in [2.75, 3.05) is 5.73 Å². The van der Waals surface area contributed by atoms with Crippen LogP contribution in [-0.4, -0.2) is 4.98 Å². The Morgan fingerprint density at radius 2 is 1.82 bits per heavy atom. The largest absolute Gasteiger partial charge is 0.419 e. The number of nitrogens with zero attached hydrogens (tertiary/aromatic N) is 2.